The van der Waals surface area contributed by atoms with Crippen molar-refractivity contribution in [3.63, 3.8) is 0 Å². The molecule has 0 atom stereocenters. The molecule has 1 fully saturated rings. The Balaban J connectivity index is 2.33. The van der Waals surface area contributed by atoms with Gasteiger partial charge in [0, 0.05) is 24.9 Å². The Kier molecular flexibility index (Phi) is 3.68. The molecule has 0 radical (unpaired) electrons. The molecular formula is C14H20N2O2. The van der Waals surface area contributed by atoms with Crippen molar-refractivity contribution in [1.82, 2.24) is 4.48 Å². The number of aliphatic carboxylic acids is 1. The lowest BCUT2D eigenvalue weighted by atomic mass is 10.0. The minimum absolute atomic E-state index is 0.0379. The van der Waals surface area contributed by atoms with Crippen LogP contribution in [0.1, 0.15) is 18.4 Å². The van der Waals surface area contributed by atoms with Crippen LogP contribution in [-0.4, -0.2) is 31.6 Å². The van der Waals surface area contributed by atoms with Gasteiger partial charge >= 0.3 is 0 Å². The van der Waals surface area contributed by atoms with Crippen LogP contribution in [0.4, 0.5) is 5.69 Å². The molecule has 1 heterocycles. The smallest absolute Gasteiger partial charge is 0.133 e. The summed E-state index contributed by atoms with van der Waals surface area (Å²) in [6, 6.07) is 8.28. The van der Waals surface area contributed by atoms with E-state index in [-0.39, 0.29) is 12.6 Å². The van der Waals surface area contributed by atoms with E-state index in [2.05, 4.69) is 6.07 Å². The number of quaternary nitrogens is 1. The Bertz CT molecular complexity index is 437. The van der Waals surface area contributed by atoms with Crippen molar-refractivity contribution in [1.29, 1.82) is 0 Å². The van der Waals surface area contributed by atoms with E-state index in [1.165, 1.54) is 0 Å². The van der Waals surface area contributed by atoms with E-state index in [0.29, 0.717) is 4.48 Å². The van der Waals surface area contributed by atoms with E-state index < -0.39 is 5.97 Å². The predicted octanol–water partition coefficient (Wildman–Crippen LogP) is 0.173. The van der Waals surface area contributed by atoms with Crippen molar-refractivity contribution >= 4 is 11.7 Å². The molecule has 0 aromatic heterocycles. The van der Waals surface area contributed by atoms with E-state index in [4.69, 9.17) is 5.73 Å². The zero-order valence-corrected chi connectivity index (χ0v) is 10.8. The largest absolute Gasteiger partial charge is 0.544 e. The van der Waals surface area contributed by atoms with Gasteiger partial charge in [-0.05, 0) is 18.6 Å². The maximum Gasteiger partial charge on any atom is 0.133 e. The second-order valence-electron chi connectivity index (χ2n) is 5.30. The third-order valence-electron chi connectivity index (χ3n) is 3.84. The number of carboxylic acid groups (broad SMARTS) is 1. The van der Waals surface area contributed by atoms with Gasteiger partial charge in [-0.1, -0.05) is 12.1 Å². The Morgan fingerprint density at radius 1 is 1.44 bits per heavy atom. The van der Waals surface area contributed by atoms with Gasteiger partial charge < -0.3 is 15.6 Å². The number of aryl methyl sites for hydroxylation is 1. The summed E-state index contributed by atoms with van der Waals surface area (Å²) in [7, 11) is 0. The number of hydrogen-bond donors (Lipinski definition) is 1. The van der Waals surface area contributed by atoms with Crippen LogP contribution in [0.15, 0.2) is 24.3 Å². The standard InChI is InChI=1S/C14H20N2O2/c1-11-3-2-4-13(9-11)16(10-14(17)18)7-5-12(15)6-8-16/h2-4,9,12H,5-8,10,15H2,1H3. The van der Waals surface area contributed by atoms with E-state index in [0.717, 1.165) is 37.2 Å². The van der Waals surface area contributed by atoms with E-state index >= 15 is 0 Å². The summed E-state index contributed by atoms with van der Waals surface area (Å²) in [5, 5.41) is 11.1. The summed E-state index contributed by atoms with van der Waals surface area (Å²) < 4.78 is 0.470. The van der Waals surface area contributed by atoms with Crippen LogP contribution >= 0.6 is 0 Å². The second-order valence-corrected chi connectivity index (χ2v) is 5.30. The highest BCUT2D eigenvalue weighted by Gasteiger charge is 2.35. The highest BCUT2D eigenvalue weighted by molar-refractivity contribution is 5.70. The summed E-state index contributed by atoms with van der Waals surface area (Å²) in [6.45, 7) is 3.61. The fourth-order valence-corrected chi connectivity index (χ4v) is 2.76. The highest BCUT2D eigenvalue weighted by atomic mass is 16.4. The van der Waals surface area contributed by atoms with Gasteiger partial charge in [0.1, 0.15) is 12.2 Å². The molecule has 4 nitrogen and oxygen atoms in total. The van der Waals surface area contributed by atoms with Gasteiger partial charge in [-0.25, -0.2) is 0 Å². The zero-order chi connectivity index (χ0) is 13.2. The fraction of sp³-hybridized carbons (Fsp3) is 0.500. The number of carbonyl (C=O) groups excluding carboxylic acids is 1. The van der Waals surface area contributed by atoms with Crippen LogP contribution in [0.3, 0.4) is 0 Å². The van der Waals surface area contributed by atoms with E-state index in [9.17, 15) is 9.90 Å². The molecule has 2 N–H and O–H groups in total. The third-order valence-corrected chi connectivity index (χ3v) is 3.84. The van der Waals surface area contributed by atoms with Crippen LogP contribution in [-0.2, 0) is 4.79 Å². The molecule has 0 saturated carbocycles. The molecule has 1 aliphatic heterocycles. The van der Waals surface area contributed by atoms with Crippen LogP contribution in [0.5, 0.6) is 0 Å². The van der Waals surface area contributed by atoms with Crippen molar-refractivity contribution in [3.05, 3.63) is 29.8 Å². The quantitative estimate of drug-likeness (QED) is 0.776. The topological polar surface area (TPSA) is 66.1 Å². The van der Waals surface area contributed by atoms with Crippen LogP contribution in [0.2, 0.25) is 0 Å². The lowest BCUT2D eigenvalue weighted by molar-refractivity contribution is -0.306. The number of rotatable bonds is 3. The summed E-state index contributed by atoms with van der Waals surface area (Å²) in [6.07, 6.45) is 1.72. The normalized spacial score (nSPS) is 28.0. The molecule has 2 rings (SSSR count). The molecule has 98 valence electrons. The monoisotopic (exact) mass is 248 g/mol. The second kappa shape index (κ2) is 5.08. The van der Waals surface area contributed by atoms with Gasteiger partial charge in [0.05, 0.1) is 19.1 Å². The molecule has 0 aliphatic carbocycles. The average molecular weight is 248 g/mol. The maximum absolute atomic E-state index is 11.1. The Morgan fingerprint density at radius 3 is 2.67 bits per heavy atom. The number of carbonyl (C=O) groups is 1. The Hall–Kier alpha value is -1.39. The number of carboxylic acids is 1. The number of nitrogens with zero attached hydrogens (tertiary/aromatic N) is 1. The Morgan fingerprint density at radius 2 is 2.11 bits per heavy atom. The van der Waals surface area contributed by atoms with Crippen molar-refractivity contribution in [2.24, 2.45) is 5.73 Å². The lowest BCUT2D eigenvalue weighted by Crippen LogP contribution is -2.60. The summed E-state index contributed by atoms with van der Waals surface area (Å²) >= 11 is 0. The molecule has 1 aromatic carbocycles. The molecule has 18 heavy (non-hydrogen) atoms. The minimum atomic E-state index is -0.994. The molecule has 4 heteroatoms. The molecule has 0 spiro atoms. The van der Waals surface area contributed by atoms with Gasteiger partial charge in [-0.3, -0.25) is 4.48 Å². The summed E-state index contributed by atoms with van der Waals surface area (Å²) in [4.78, 5) is 11.1. The Labute approximate surface area is 108 Å². The first-order chi connectivity index (χ1) is 8.52. The summed E-state index contributed by atoms with van der Waals surface area (Å²) in [5.74, 6) is -0.994. The zero-order valence-electron chi connectivity index (χ0n) is 10.8. The number of hydrogen-bond acceptors (Lipinski definition) is 3. The van der Waals surface area contributed by atoms with Crippen molar-refractivity contribution in [3.8, 4) is 0 Å². The molecule has 1 saturated heterocycles. The first kappa shape index (κ1) is 13.1. The highest BCUT2D eigenvalue weighted by Crippen LogP contribution is 2.28. The van der Waals surface area contributed by atoms with Crippen LogP contribution in [0, 0.1) is 6.92 Å². The molecular weight excluding hydrogens is 228 g/mol. The maximum atomic E-state index is 11.1. The number of benzene rings is 1. The molecule has 0 amide bonds. The first-order valence-electron chi connectivity index (χ1n) is 6.41. The third kappa shape index (κ3) is 2.71. The molecule has 1 aliphatic rings. The van der Waals surface area contributed by atoms with Crippen molar-refractivity contribution in [2.75, 3.05) is 19.6 Å². The predicted molar refractivity (Wildman–Crippen MR) is 69.8 cm³/mol. The summed E-state index contributed by atoms with van der Waals surface area (Å²) in [5.41, 5.74) is 8.13. The number of nitrogens with two attached hydrogens (primary N) is 1. The van der Waals surface area contributed by atoms with E-state index in [1.807, 2.05) is 25.1 Å². The molecule has 1 aromatic rings. The number of piperidine rings is 1. The molecule has 0 bridgehead atoms. The van der Waals surface area contributed by atoms with Gasteiger partial charge in [0.25, 0.3) is 0 Å². The van der Waals surface area contributed by atoms with Crippen molar-refractivity contribution < 1.29 is 9.90 Å². The van der Waals surface area contributed by atoms with Gasteiger partial charge in [-0.2, -0.15) is 0 Å². The van der Waals surface area contributed by atoms with Crippen LogP contribution in [0.25, 0.3) is 0 Å². The van der Waals surface area contributed by atoms with Gasteiger partial charge in [-0.15, -0.1) is 0 Å². The van der Waals surface area contributed by atoms with Crippen molar-refractivity contribution in [2.45, 2.75) is 25.8 Å². The average Bonchev–Trinajstić information content (AvgIpc) is 2.32. The first-order valence-corrected chi connectivity index (χ1v) is 6.41. The fourth-order valence-electron chi connectivity index (χ4n) is 2.76. The van der Waals surface area contributed by atoms with Gasteiger partial charge in [0.2, 0.25) is 0 Å². The lowest BCUT2D eigenvalue weighted by Gasteiger charge is -2.43. The minimum Gasteiger partial charge on any atom is -0.544 e. The number of likely N-dealkylation sites (tertiary alicyclic amines) is 1. The SMILES string of the molecule is Cc1cccc([N+]2(CC(=O)[O-])CCC(N)CC2)c1. The van der Waals surface area contributed by atoms with Gasteiger partial charge in [0.15, 0.2) is 0 Å². The van der Waals surface area contributed by atoms with Crippen LogP contribution < -0.4 is 15.3 Å². The van der Waals surface area contributed by atoms with E-state index in [1.54, 1.807) is 0 Å². The molecule has 0 unspecified atom stereocenters.